The lowest BCUT2D eigenvalue weighted by atomic mass is 10.1. The molecule has 10 heteroatoms. The summed E-state index contributed by atoms with van der Waals surface area (Å²) in [5.74, 6) is 0.595. The smallest absolute Gasteiger partial charge is 0.319 e. The van der Waals surface area contributed by atoms with Crippen molar-refractivity contribution in [3.8, 4) is 11.4 Å². The summed E-state index contributed by atoms with van der Waals surface area (Å²) >= 11 is 0. The third-order valence-corrected chi connectivity index (χ3v) is 4.98. The van der Waals surface area contributed by atoms with Crippen molar-refractivity contribution in [2.24, 2.45) is 0 Å². The number of amides is 2. The first-order valence-corrected chi connectivity index (χ1v) is 9.05. The number of nitrogens with zero attached hydrogens (tertiary/aromatic N) is 5. The fourth-order valence-corrected chi connectivity index (χ4v) is 3.63. The Morgan fingerprint density at radius 3 is 2.85 bits per heavy atom. The van der Waals surface area contributed by atoms with Crippen molar-refractivity contribution in [1.82, 2.24) is 30.4 Å². The molecule has 0 saturated carbocycles. The number of likely N-dealkylation sites (tertiary alicyclic amines) is 1. The SMILES string of the molecule is COc1cc(NC(=O)N[C@H]2COC[C@@H]2N2CCCC2)cc(-n2cnnn2)c1. The average Bonchev–Trinajstić information content (AvgIpc) is 3.42. The first-order chi connectivity index (χ1) is 13.2. The first-order valence-electron chi connectivity index (χ1n) is 9.05. The van der Waals surface area contributed by atoms with Crippen LogP contribution < -0.4 is 15.4 Å². The predicted molar refractivity (Wildman–Crippen MR) is 97.1 cm³/mol. The van der Waals surface area contributed by atoms with Crippen molar-refractivity contribution >= 4 is 11.7 Å². The topological polar surface area (TPSA) is 106 Å². The minimum absolute atomic E-state index is 0.0207. The Kier molecular flexibility index (Phi) is 5.16. The van der Waals surface area contributed by atoms with Gasteiger partial charge in [-0.2, -0.15) is 0 Å². The van der Waals surface area contributed by atoms with Crippen LogP contribution in [0.1, 0.15) is 12.8 Å². The summed E-state index contributed by atoms with van der Waals surface area (Å²) in [6.07, 6.45) is 3.90. The highest BCUT2D eigenvalue weighted by Crippen LogP contribution is 2.23. The highest BCUT2D eigenvalue weighted by atomic mass is 16.5. The van der Waals surface area contributed by atoms with Crippen molar-refractivity contribution in [3.05, 3.63) is 24.5 Å². The number of tetrazole rings is 1. The number of methoxy groups -OCH3 is 1. The number of carbonyl (C=O) groups is 1. The molecular formula is C17H23N7O3. The standard InChI is InChI=1S/C17H23N7O3/c1-26-14-7-12(6-13(8-14)24-11-18-21-22-24)19-17(25)20-15-9-27-10-16(15)23-4-2-3-5-23/h6-8,11,15-16H,2-5,9-10H2,1H3,(H2,19,20,25)/t15-,16-/m0/s1. The van der Waals surface area contributed by atoms with E-state index >= 15 is 0 Å². The van der Waals surface area contributed by atoms with Crippen LogP contribution in [0.5, 0.6) is 5.75 Å². The van der Waals surface area contributed by atoms with Crippen LogP contribution in [0.3, 0.4) is 0 Å². The highest BCUT2D eigenvalue weighted by molar-refractivity contribution is 5.90. The van der Waals surface area contributed by atoms with E-state index in [1.165, 1.54) is 23.9 Å². The monoisotopic (exact) mass is 373 g/mol. The van der Waals surface area contributed by atoms with E-state index in [1.807, 2.05) is 0 Å². The minimum atomic E-state index is -0.273. The van der Waals surface area contributed by atoms with Gasteiger partial charge in [0.05, 0.1) is 38.1 Å². The normalized spacial score (nSPS) is 22.7. The van der Waals surface area contributed by atoms with Gasteiger partial charge in [0.15, 0.2) is 0 Å². The number of nitrogens with one attached hydrogen (secondary N) is 2. The quantitative estimate of drug-likeness (QED) is 0.793. The van der Waals surface area contributed by atoms with Gasteiger partial charge in [0, 0.05) is 17.8 Å². The molecule has 2 amide bonds. The molecule has 2 aliphatic heterocycles. The summed E-state index contributed by atoms with van der Waals surface area (Å²) in [5, 5.41) is 17.0. The molecule has 1 aromatic carbocycles. The number of rotatable bonds is 5. The second kappa shape index (κ2) is 7.89. The molecule has 4 rings (SSSR count). The molecule has 0 unspecified atom stereocenters. The lowest BCUT2D eigenvalue weighted by molar-refractivity contribution is 0.159. The zero-order valence-corrected chi connectivity index (χ0v) is 15.2. The fraction of sp³-hybridized carbons (Fsp3) is 0.529. The van der Waals surface area contributed by atoms with Crippen molar-refractivity contribution < 1.29 is 14.3 Å². The Morgan fingerprint density at radius 2 is 2.11 bits per heavy atom. The summed E-state index contributed by atoms with van der Waals surface area (Å²) in [6.45, 7) is 3.33. The number of hydrogen-bond acceptors (Lipinski definition) is 7. The molecule has 2 aliphatic rings. The summed E-state index contributed by atoms with van der Waals surface area (Å²) in [4.78, 5) is 14.9. The third-order valence-electron chi connectivity index (χ3n) is 4.98. The molecule has 2 saturated heterocycles. The van der Waals surface area contributed by atoms with Gasteiger partial charge in [0.25, 0.3) is 0 Å². The Labute approximate surface area is 156 Å². The van der Waals surface area contributed by atoms with Crippen LogP contribution in [0.4, 0.5) is 10.5 Å². The molecule has 1 aromatic heterocycles. The van der Waals surface area contributed by atoms with E-state index in [0.29, 0.717) is 30.3 Å². The number of ether oxygens (including phenoxy) is 2. The van der Waals surface area contributed by atoms with Crippen LogP contribution in [-0.4, -0.2) is 76.6 Å². The van der Waals surface area contributed by atoms with Crippen molar-refractivity contribution in [2.45, 2.75) is 24.9 Å². The maximum Gasteiger partial charge on any atom is 0.319 e. The number of carbonyl (C=O) groups excluding carboxylic acids is 1. The highest BCUT2D eigenvalue weighted by Gasteiger charge is 2.35. The fourth-order valence-electron chi connectivity index (χ4n) is 3.63. The second-order valence-electron chi connectivity index (χ2n) is 6.73. The van der Waals surface area contributed by atoms with E-state index in [9.17, 15) is 4.79 Å². The molecule has 0 radical (unpaired) electrons. The van der Waals surface area contributed by atoms with Gasteiger partial charge in [-0.3, -0.25) is 4.90 Å². The summed E-state index contributed by atoms with van der Waals surface area (Å²) in [5.41, 5.74) is 1.28. The lowest BCUT2D eigenvalue weighted by Gasteiger charge is -2.27. The van der Waals surface area contributed by atoms with Gasteiger partial charge in [-0.15, -0.1) is 5.10 Å². The van der Waals surface area contributed by atoms with E-state index in [0.717, 1.165) is 13.1 Å². The Hall–Kier alpha value is -2.72. The zero-order chi connectivity index (χ0) is 18.6. The second-order valence-corrected chi connectivity index (χ2v) is 6.73. The molecule has 0 spiro atoms. The summed E-state index contributed by atoms with van der Waals surface area (Å²) in [7, 11) is 1.57. The molecular weight excluding hydrogens is 350 g/mol. The van der Waals surface area contributed by atoms with Gasteiger partial charge in [-0.25, -0.2) is 9.48 Å². The van der Waals surface area contributed by atoms with Gasteiger partial charge >= 0.3 is 6.03 Å². The number of hydrogen-bond donors (Lipinski definition) is 2. The van der Waals surface area contributed by atoms with E-state index in [-0.39, 0.29) is 18.1 Å². The number of aromatic nitrogens is 4. The molecule has 144 valence electrons. The Morgan fingerprint density at radius 1 is 1.26 bits per heavy atom. The van der Waals surface area contributed by atoms with Crippen LogP contribution in [-0.2, 0) is 4.74 Å². The Bertz CT molecular complexity index is 777. The largest absolute Gasteiger partial charge is 0.497 e. The van der Waals surface area contributed by atoms with Crippen LogP contribution in [0.15, 0.2) is 24.5 Å². The van der Waals surface area contributed by atoms with Gasteiger partial charge in [-0.05, 0) is 42.4 Å². The number of urea groups is 1. The van der Waals surface area contributed by atoms with E-state index in [4.69, 9.17) is 9.47 Å². The van der Waals surface area contributed by atoms with E-state index < -0.39 is 0 Å². The molecule has 10 nitrogen and oxygen atoms in total. The maximum atomic E-state index is 12.5. The molecule has 2 aromatic rings. The molecule has 0 aliphatic carbocycles. The van der Waals surface area contributed by atoms with Crippen LogP contribution in [0, 0.1) is 0 Å². The molecule has 2 fully saturated rings. The van der Waals surface area contributed by atoms with Crippen molar-refractivity contribution in [1.29, 1.82) is 0 Å². The molecule has 3 heterocycles. The first kappa shape index (κ1) is 17.7. The summed E-state index contributed by atoms with van der Waals surface area (Å²) in [6, 6.07) is 5.25. The molecule has 2 N–H and O–H groups in total. The van der Waals surface area contributed by atoms with Gasteiger partial charge in [0.1, 0.15) is 12.1 Å². The average molecular weight is 373 g/mol. The lowest BCUT2D eigenvalue weighted by Crippen LogP contribution is -2.51. The molecule has 2 atom stereocenters. The minimum Gasteiger partial charge on any atom is -0.497 e. The van der Waals surface area contributed by atoms with Crippen molar-refractivity contribution in [2.75, 3.05) is 38.7 Å². The molecule has 0 bridgehead atoms. The molecule has 27 heavy (non-hydrogen) atoms. The number of anilines is 1. The maximum absolute atomic E-state index is 12.5. The Balaban J connectivity index is 1.44. The van der Waals surface area contributed by atoms with Gasteiger partial charge < -0.3 is 20.1 Å². The number of benzene rings is 1. The van der Waals surface area contributed by atoms with Crippen LogP contribution in [0.2, 0.25) is 0 Å². The third kappa shape index (κ3) is 4.01. The van der Waals surface area contributed by atoms with Crippen LogP contribution >= 0.6 is 0 Å². The van der Waals surface area contributed by atoms with Crippen molar-refractivity contribution in [3.63, 3.8) is 0 Å². The van der Waals surface area contributed by atoms with Gasteiger partial charge in [-0.1, -0.05) is 0 Å². The van der Waals surface area contributed by atoms with Gasteiger partial charge in [0.2, 0.25) is 0 Å². The predicted octanol–water partition coefficient (Wildman–Crippen LogP) is 0.656. The zero-order valence-electron chi connectivity index (χ0n) is 15.2. The van der Waals surface area contributed by atoms with Crippen LogP contribution in [0.25, 0.3) is 5.69 Å². The van der Waals surface area contributed by atoms with E-state index in [2.05, 4.69) is 31.1 Å². The van der Waals surface area contributed by atoms with E-state index in [1.54, 1.807) is 25.3 Å². The summed E-state index contributed by atoms with van der Waals surface area (Å²) < 4.78 is 12.4.